The number of ether oxygens (including phenoxy) is 1. The number of rotatable bonds is 6. The second-order valence-corrected chi connectivity index (χ2v) is 6.04. The Morgan fingerprint density at radius 3 is 2.59 bits per heavy atom. The average molecular weight is 480 g/mol. The van der Waals surface area contributed by atoms with Crippen LogP contribution in [0, 0.1) is 0 Å². The summed E-state index contributed by atoms with van der Waals surface area (Å²) in [6.45, 7) is 3.39. The van der Waals surface area contributed by atoms with Gasteiger partial charge in [0.1, 0.15) is 18.4 Å². The van der Waals surface area contributed by atoms with E-state index in [0.29, 0.717) is 12.5 Å². The number of nitrogens with one attached hydrogen (secondary N) is 3. The number of aliphatic imine (C=N–C) groups is 1. The second-order valence-electron chi connectivity index (χ2n) is 6.04. The molecule has 1 aliphatic rings. The minimum absolute atomic E-state index is 0. The monoisotopic (exact) mass is 480 g/mol. The summed E-state index contributed by atoms with van der Waals surface area (Å²) in [5.41, 5.74) is 1.99. The minimum atomic E-state index is -0.155. The van der Waals surface area contributed by atoms with E-state index in [2.05, 4.69) is 27.0 Å². The molecule has 1 amide bonds. The Balaban J connectivity index is 0.00000261. The van der Waals surface area contributed by atoms with E-state index in [1.54, 1.807) is 0 Å². The van der Waals surface area contributed by atoms with E-state index in [4.69, 9.17) is 4.74 Å². The normalized spacial score (nSPS) is 15.1. The summed E-state index contributed by atoms with van der Waals surface area (Å²) >= 11 is 0. The number of para-hydroxylation sites is 2. The van der Waals surface area contributed by atoms with Crippen molar-refractivity contribution < 1.29 is 9.53 Å². The first-order valence-corrected chi connectivity index (χ1v) is 8.86. The number of benzene rings is 2. The summed E-state index contributed by atoms with van der Waals surface area (Å²) in [5, 5.41) is 9.22. The van der Waals surface area contributed by atoms with Gasteiger partial charge >= 0.3 is 0 Å². The van der Waals surface area contributed by atoms with Gasteiger partial charge in [0.15, 0.2) is 5.96 Å². The van der Waals surface area contributed by atoms with Crippen LogP contribution in [0.4, 0.5) is 5.69 Å². The van der Waals surface area contributed by atoms with Gasteiger partial charge in [0, 0.05) is 18.7 Å². The Hall–Kier alpha value is -2.29. The third-order valence-electron chi connectivity index (χ3n) is 3.99. The molecular weight excluding hydrogens is 455 g/mol. The predicted molar refractivity (Wildman–Crippen MR) is 119 cm³/mol. The maximum atomic E-state index is 12.0. The highest BCUT2D eigenvalue weighted by Gasteiger charge is 2.22. The molecule has 0 saturated carbocycles. The SMILES string of the molecule is CCNC(=NCC(=O)Nc1ccccc1)NCC1Cc2ccccc2O1.I. The average Bonchev–Trinajstić information content (AvgIpc) is 3.08. The molecule has 1 heterocycles. The largest absolute Gasteiger partial charge is 0.488 e. The number of amides is 1. The van der Waals surface area contributed by atoms with E-state index >= 15 is 0 Å². The molecule has 27 heavy (non-hydrogen) atoms. The van der Waals surface area contributed by atoms with Crippen LogP contribution in [-0.4, -0.2) is 37.6 Å². The maximum Gasteiger partial charge on any atom is 0.246 e. The van der Waals surface area contributed by atoms with E-state index in [1.807, 2.05) is 55.5 Å². The number of guanidine groups is 1. The van der Waals surface area contributed by atoms with Crippen LogP contribution in [0.5, 0.6) is 5.75 Å². The van der Waals surface area contributed by atoms with Gasteiger partial charge in [-0.25, -0.2) is 4.99 Å². The molecule has 1 aliphatic heterocycles. The number of hydrogen-bond acceptors (Lipinski definition) is 3. The zero-order chi connectivity index (χ0) is 18.2. The first kappa shape index (κ1) is 21.0. The lowest BCUT2D eigenvalue weighted by Gasteiger charge is -2.15. The van der Waals surface area contributed by atoms with E-state index in [-0.39, 0.29) is 42.5 Å². The Morgan fingerprint density at radius 2 is 1.85 bits per heavy atom. The second kappa shape index (κ2) is 10.8. The highest BCUT2D eigenvalue weighted by Crippen LogP contribution is 2.27. The van der Waals surface area contributed by atoms with Crippen LogP contribution in [0.3, 0.4) is 0 Å². The van der Waals surface area contributed by atoms with Crippen LogP contribution in [-0.2, 0) is 11.2 Å². The molecule has 0 saturated heterocycles. The van der Waals surface area contributed by atoms with Gasteiger partial charge in [0.25, 0.3) is 0 Å². The number of nitrogens with zero attached hydrogens (tertiary/aromatic N) is 1. The molecule has 0 spiro atoms. The summed E-state index contributed by atoms with van der Waals surface area (Å²) in [5.74, 6) is 1.40. The van der Waals surface area contributed by atoms with E-state index in [0.717, 1.165) is 24.4 Å². The molecule has 7 heteroatoms. The zero-order valence-corrected chi connectivity index (χ0v) is 17.6. The molecule has 2 aromatic rings. The van der Waals surface area contributed by atoms with Crippen molar-refractivity contribution in [2.24, 2.45) is 4.99 Å². The minimum Gasteiger partial charge on any atom is -0.488 e. The smallest absolute Gasteiger partial charge is 0.246 e. The Labute approximate surface area is 176 Å². The van der Waals surface area contributed by atoms with Crippen molar-refractivity contribution in [1.82, 2.24) is 10.6 Å². The summed E-state index contributed by atoms with van der Waals surface area (Å²) in [6, 6.07) is 17.4. The number of anilines is 1. The van der Waals surface area contributed by atoms with Gasteiger partial charge in [0.2, 0.25) is 5.91 Å². The Morgan fingerprint density at radius 1 is 1.11 bits per heavy atom. The molecule has 6 nitrogen and oxygen atoms in total. The first-order valence-electron chi connectivity index (χ1n) is 8.86. The standard InChI is InChI=1S/C20H24N4O2.HI/c1-2-21-20(23-14-19(25)24-16-9-4-3-5-10-16)22-13-17-12-15-8-6-7-11-18(15)26-17;/h3-11,17H,2,12-14H2,1H3,(H,24,25)(H2,21,22,23);1H. The lowest BCUT2D eigenvalue weighted by molar-refractivity contribution is -0.114. The summed E-state index contributed by atoms with van der Waals surface area (Å²) in [7, 11) is 0. The summed E-state index contributed by atoms with van der Waals surface area (Å²) in [6.07, 6.45) is 0.936. The molecular formula is C20H25IN4O2. The zero-order valence-electron chi connectivity index (χ0n) is 15.3. The van der Waals surface area contributed by atoms with Crippen LogP contribution in [0.25, 0.3) is 0 Å². The topological polar surface area (TPSA) is 74.8 Å². The van der Waals surface area contributed by atoms with Crippen molar-refractivity contribution in [2.45, 2.75) is 19.4 Å². The van der Waals surface area contributed by atoms with Crippen LogP contribution >= 0.6 is 24.0 Å². The number of fused-ring (bicyclic) bond motifs is 1. The van der Waals surface area contributed by atoms with Crippen LogP contribution in [0.15, 0.2) is 59.6 Å². The highest BCUT2D eigenvalue weighted by atomic mass is 127. The predicted octanol–water partition coefficient (Wildman–Crippen LogP) is 2.80. The van der Waals surface area contributed by atoms with Crippen molar-refractivity contribution in [1.29, 1.82) is 0 Å². The van der Waals surface area contributed by atoms with Gasteiger partial charge in [-0.3, -0.25) is 4.79 Å². The lowest BCUT2D eigenvalue weighted by atomic mass is 10.1. The third-order valence-corrected chi connectivity index (χ3v) is 3.99. The molecule has 2 aromatic carbocycles. The van der Waals surface area contributed by atoms with Crippen LogP contribution in [0.2, 0.25) is 0 Å². The molecule has 3 rings (SSSR count). The molecule has 1 atom stereocenters. The fraction of sp³-hybridized carbons (Fsp3) is 0.300. The molecule has 0 aliphatic carbocycles. The molecule has 0 aromatic heterocycles. The van der Waals surface area contributed by atoms with Gasteiger partial charge in [-0.2, -0.15) is 0 Å². The number of carbonyl (C=O) groups excluding carboxylic acids is 1. The Bertz CT molecular complexity index is 743. The Kier molecular flexibility index (Phi) is 8.38. The molecule has 1 unspecified atom stereocenters. The van der Waals surface area contributed by atoms with Crippen molar-refractivity contribution in [3.8, 4) is 5.75 Å². The molecule has 0 bridgehead atoms. The van der Waals surface area contributed by atoms with Gasteiger partial charge in [0.05, 0.1) is 6.54 Å². The van der Waals surface area contributed by atoms with Crippen molar-refractivity contribution in [3.63, 3.8) is 0 Å². The van der Waals surface area contributed by atoms with E-state index in [9.17, 15) is 4.79 Å². The van der Waals surface area contributed by atoms with Crippen molar-refractivity contribution >= 4 is 41.5 Å². The highest BCUT2D eigenvalue weighted by molar-refractivity contribution is 14.0. The van der Waals surface area contributed by atoms with Gasteiger partial charge in [-0.05, 0) is 30.7 Å². The first-order chi connectivity index (χ1) is 12.7. The maximum absolute atomic E-state index is 12.0. The molecule has 0 fully saturated rings. The van der Waals surface area contributed by atoms with Crippen molar-refractivity contribution in [2.75, 3.05) is 25.0 Å². The number of carbonyl (C=O) groups is 1. The fourth-order valence-electron chi connectivity index (χ4n) is 2.79. The fourth-order valence-corrected chi connectivity index (χ4v) is 2.79. The number of hydrogen-bond donors (Lipinski definition) is 3. The summed E-state index contributed by atoms with van der Waals surface area (Å²) < 4.78 is 5.92. The van der Waals surface area contributed by atoms with Gasteiger partial charge in [-0.15, -0.1) is 24.0 Å². The quantitative estimate of drug-likeness (QED) is 0.338. The van der Waals surface area contributed by atoms with Gasteiger partial charge < -0.3 is 20.7 Å². The third kappa shape index (κ3) is 6.42. The van der Waals surface area contributed by atoms with Gasteiger partial charge in [-0.1, -0.05) is 36.4 Å². The molecule has 144 valence electrons. The molecule has 0 radical (unpaired) electrons. The molecule has 3 N–H and O–H groups in total. The van der Waals surface area contributed by atoms with E-state index in [1.165, 1.54) is 5.56 Å². The number of halogens is 1. The van der Waals surface area contributed by atoms with E-state index < -0.39 is 0 Å². The van der Waals surface area contributed by atoms with Crippen molar-refractivity contribution in [3.05, 3.63) is 60.2 Å². The lowest BCUT2D eigenvalue weighted by Crippen LogP contribution is -2.42. The summed E-state index contributed by atoms with van der Waals surface area (Å²) in [4.78, 5) is 16.4. The van der Waals surface area contributed by atoms with Crippen LogP contribution < -0.4 is 20.7 Å². The van der Waals surface area contributed by atoms with Crippen LogP contribution in [0.1, 0.15) is 12.5 Å².